The zero-order valence-corrected chi connectivity index (χ0v) is 10.8. The highest BCUT2D eigenvalue weighted by atomic mass is 16.3. The minimum Gasteiger partial charge on any atom is -0.393 e. The molecule has 1 aromatic carbocycles. The van der Waals surface area contributed by atoms with E-state index in [2.05, 4.69) is 28.8 Å². The van der Waals surface area contributed by atoms with Gasteiger partial charge >= 0.3 is 0 Å². The summed E-state index contributed by atoms with van der Waals surface area (Å²) in [5.74, 6) is 0.674. The maximum Gasteiger partial charge on any atom is 0.0546 e. The first kappa shape index (κ1) is 12.0. The molecule has 0 saturated heterocycles. The molecule has 2 aliphatic rings. The molecule has 0 radical (unpaired) electrons. The van der Waals surface area contributed by atoms with Gasteiger partial charge in [-0.15, -0.1) is 0 Å². The van der Waals surface area contributed by atoms with Crippen LogP contribution in [0.2, 0.25) is 0 Å². The van der Waals surface area contributed by atoms with Crippen LogP contribution in [0.1, 0.15) is 30.4 Å². The van der Waals surface area contributed by atoms with Crippen molar-refractivity contribution >= 4 is 5.69 Å². The van der Waals surface area contributed by atoms with Crippen LogP contribution in [0.15, 0.2) is 18.2 Å². The van der Waals surface area contributed by atoms with Crippen molar-refractivity contribution in [3.63, 3.8) is 0 Å². The van der Waals surface area contributed by atoms with Gasteiger partial charge in [0.1, 0.15) is 0 Å². The summed E-state index contributed by atoms with van der Waals surface area (Å²) in [5.41, 5.74) is 4.19. The third-order valence-electron chi connectivity index (χ3n) is 4.12. The van der Waals surface area contributed by atoms with Gasteiger partial charge in [0.25, 0.3) is 0 Å². The molecule has 1 saturated carbocycles. The number of rotatable bonds is 4. The maximum absolute atomic E-state index is 9.26. The van der Waals surface area contributed by atoms with E-state index in [9.17, 15) is 5.11 Å². The van der Waals surface area contributed by atoms with E-state index >= 15 is 0 Å². The van der Waals surface area contributed by atoms with E-state index in [1.54, 1.807) is 0 Å². The average Bonchev–Trinajstić information content (AvgIpc) is 2.37. The van der Waals surface area contributed by atoms with Crippen molar-refractivity contribution in [1.82, 2.24) is 5.32 Å². The van der Waals surface area contributed by atoms with E-state index < -0.39 is 0 Å². The number of hydrogen-bond donors (Lipinski definition) is 3. The monoisotopic (exact) mass is 246 g/mol. The molecule has 3 N–H and O–H groups in total. The highest BCUT2D eigenvalue weighted by Crippen LogP contribution is 2.28. The predicted molar refractivity (Wildman–Crippen MR) is 73.7 cm³/mol. The van der Waals surface area contributed by atoms with Crippen LogP contribution in [0.5, 0.6) is 0 Å². The summed E-state index contributed by atoms with van der Waals surface area (Å²) in [6, 6.07) is 6.60. The van der Waals surface area contributed by atoms with Crippen molar-refractivity contribution in [3.8, 4) is 0 Å². The molecule has 0 amide bonds. The molecular formula is C15H22N2O. The molecular weight excluding hydrogens is 224 g/mol. The molecule has 1 aliphatic heterocycles. The number of fused-ring (bicyclic) bond motifs is 1. The second kappa shape index (κ2) is 5.29. The van der Waals surface area contributed by atoms with Crippen LogP contribution in [0.4, 0.5) is 5.69 Å². The van der Waals surface area contributed by atoms with Crippen molar-refractivity contribution in [2.24, 2.45) is 5.92 Å². The molecule has 0 unspecified atom stereocenters. The van der Waals surface area contributed by atoms with Crippen LogP contribution in [0.25, 0.3) is 0 Å². The molecule has 1 heterocycles. The highest BCUT2D eigenvalue weighted by molar-refractivity contribution is 5.59. The van der Waals surface area contributed by atoms with E-state index in [0.717, 1.165) is 32.5 Å². The lowest BCUT2D eigenvalue weighted by molar-refractivity contribution is 0.0430. The zero-order valence-electron chi connectivity index (χ0n) is 10.8. The van der Waals surface area contributed by atoms with Gasteiger partial charge in [0.15, 0.2) is 0 Å². The second-order valence-corrected chi connectivity index (χ2v) is 5.60. The van der Waals surface area contributed by atoms with E-state index in [4.69, 9.17) is 0 Å². The van der Waals surface area contributed by atoms with Crippen molar-refractivity contribution < 1.29 is 5.11 Å². The van der Waals surface area contributed by atoms with E-state index in [0.29, 0.717) is 5.92 Å². The number of nitrogens with one attached hydrogen (secondary N) is 2. The van der Waals surface area contributed by atoms with Crippen molar-refractivity contribution in [2.45, 2.75) is 38.3 Å². The summed E-state index contributed by atoms with van der Waals surface area (Å²) in [6.07, 6.45) is 4.34. The Bertz CT molecular complexity index is 413. The Morgan fingerprint density at radius 2 is 2.22 bits per heavy atom. The molecule has 0 aromatic heterocycles. The molecule has 18 heavy (non-hydrogen) atoms. The first-order chi connectivity index (χ1) is 8.83. The van der Waals surface area contributed by atoms with E-state index in [-0.39, 0.29) is 6.10 Å². The Morgan fingerprint density at radius 1 is 1.33 bits per heavy atom. The number of aliphatic hydroxyl groups excluding tert-OH is 1. The van der Waals surface area contributed by atoms with Gasteiger partial charge in [-0.25, -0.2) is 0 Å². The number of aliphatic hydroxyl groups is 1. The van der Waals surface area contributed by atoms with Gasteiger partial charge in [-0.1, -0.05) is 18.2 Å². The Balaban J connectivity index is 1.55. The maximum atomic E-state index is 9.26. The lowest BCUT2D eigenvalue weighted by atomic mass is 9.82. The van der Waals surface area contributed by atoms with Gasteiger partial charge in [0, 0.05) is 18.8 Å². The van der Waals surface area contributed by atoms with E-state index in [1.165, 1.54) is 29.7 Å². The first-order valence-corrected chi connectivity index (χ1v) is 7.06. The Kier molecular flexibility index (Phi) is 3.52. The molecule has 0 atom stereocenters. The molecule has 98 valence electrons. The lowest BCUT2D eigenvalue weighted by Crippen LogP contribution is -2.36. The summed E-state index contributed by atoms with van der Waals surface area (Å²) in [5, 5.41) is 16.3. The quantitative estimate of drug-likeness (QED) is 0.760. The molecule has 1 fully saturated rings. The molecule has 1 aromatic rings. The minimum absolute atomic E-state index is 0.0389. The van der Waals surface area contributed by atoms with Crippen LogP contribution in [0, 0.1) is 5.92 Å². The normalized spacial score (nSPS) is 26.1. The fourth-order valence-corrected chi connectivity index (χ4v) is 3.01. The van der Waals surface area contributed by atoms with Gasteiger partial charge in [-0.3, -0.25) is 0 Å². The summed E-state index contributed by atoms with van der Waals surface area (Å²) in [6.45, 7) is 3.06. The van der Waals surface area contributed by atoms with Gasteiger partial charge in [0.2, 0.25) is 0 Å². The van der Waals surface area contributed by atoms with E-state index in [1.807, 2.05) is 0 Å². The SMILES string of the molecule is OC1CC(CNCc2cccc3c2NCCC3)C1. The van der Waals surface area contributed by atoms with Gasteiger partial charge in [-0.05, 0) is 49.3 Å². The highest BCUT2D eigenvalue weighted by Gasteiger charge is 2.26. The summed E-state index contributed by atoms with van der Waals surface area (Å²) in [4.78, 5) is 0. The smallest absolute Gasteiger partial charge is 0.0546 e. The van der Waals surface area contributed by atoms with Crippen LogP contribution < -0.4 is 10.6 Å². The Hall–Kier alpha value is -1.06. The third kappa shape index (κ3) is 2.52. The lowest BCUT2D eigenvalue weighted by Gasteiger charge is -2.31. The molecule has 3 rings (SSSR count). The minimum atomic E-state index is -0.0389. The second-order valence-electron chi connectivity index (χ2n) is 5.60. The largest absolute Gasteiger partial charge is 0.393 e. The van der Waals surface area contributed by atoms with Gasteiger partial charge in [0.05, 0.1) is 6.10 Å². The fourth-order valence-electron chi connectivity index (χ4n) is 3.01. The molecule has 1 aliphatic carbocycles. The third-order valence-corrected chi connectivity index (χ3v) is 4.12. The van der Waals surface area contributed by atoms with Crippen molar-refractivity contribution in [2.75, 3.05) is 18.4 Å². The molecule has 3 heteroatoms. The number of para-hydroxylation sites is 1. The molecule has 3 nitrogen and oxygen atoms in total. The Labute approximate surface area is 109 Å². The number of anilines is 1. The zero-order chi connectivity index (χ0) is 12.4. The summed E-state index contributed by atoms with van der Waals surface area (Å²) < 4.78 is 0. The summed E-state index contributed by atoms with van der Waals surface area (Å²) >= 11 is 0. The topological polar surface area (TPSA) is 44.3 Å². The van der Waals surface area contributed by atoms with Crippen molar-refractivity contribution in [3.05, 3.63) is 29.3 Å². The standard InChI is InChI=1S/C15H22N2O/c18-14-7-11(8-14)9-16-10-13-4-1-3-12-5-2-6-17-15(12)13/h1,3-4,11,14,16-18H,2,5-10H2. The van der Waals surface area contributed by atoms with Gasteiger partial charge in [-0.2, -0.15) is 0 Å². The predicted octanol–water partition coefficient (Wildman–Crippen LogP) is 1.91. The average molecular weight is 246 g/mol. The number of benzene rings is 1. The number of hydrogen-bond acceptors (Lipinski definition) is 3. The van der Waals surface area contributed by atoms with Crippen LogP contribution >= 0.6 is 0 Å². The summed E-state index contributed by atoms with van der Waals surface area (Å²) in [7, 11) is 0. The first-order valence-electron chi connectivity index (χ1n) is 7.06. The number of aryl methyl sites for hydroxylation is 1. The fraction of sp³-hybridized carbons (Fsp3) is 0.600. The Morgan fingerprint density at radius 3 is 3.06 bits per heavy atom. The molecule has 0 bridgehead atoms. The molecule has 0 spiro atoms. The van der Waals surface area contributed by atoms with Crippen LogP contribution in [0.3, 0.4) is 0 Å². The van der Waals surface area contributed by atoms with Gasteiger partial charge < -0.3 is 15.7 Å². The van der Waals surface area contributed by atoms with Crippen molar-refractivity contribution in [1.29, 1.82) is 0 Å². The van der Waals surface area contributed by atoms with Crippen LogP contribution in [-0.4, -0.2) is 24.3 Å². The van der Waals surface area contributed by atoms with Crippen LogP contribution in [-0.2, 0) is 13.0 Å².